The predicted octanol–water partition coefficient (Wildman–Crippen LogP) is 2.93. The summed E-state index contributed by atoms with van der Waals surface area (Å²) in [4.78, 5) is 18.4. The highest BCUT2D eigenvalue weighted by atomic mass is 19.1. The van der Waals surface area contributed by atoms with E-state index in [2.05, 4.69) is 4.98 Å². The van der Waals surface area contributed by atoms with Crippen molar-refractivity contribution in [2.45, 2.75) is 25.5 Å². The summed E-state index contributed by atoms with van der Waals surface area (Å²) < 4.78 is 18.6. The summed E-state index contributed by atoms with van der Waals surface area (Å²) in [5, 5.41) is 0. The van der Waals surface area contributed by atoms with Gasteiger partial charge in [0.05, 0.1) is 6.54 Å². The summed E-state index contributed by atoms with van der Waals surface area (Å²) in [5.74, 6) is -0.414. The van der Waals surface area contributed by atoms with Crippen molar-refractivity contribution < 1.29 is 13.9 Å². The standard InChI is InChI=1S/C17H17FN2O2/c18-14-5-7-15(8-6-14)20(12-13-3-1-9-19-11-13)17(21)16-4-2-10-22-16/h1,3,5-9,11,16H,2,4,10,12H2. The lowest BCUT2D eigenvalue weighted by molar-refractivity contribution is -0.127. The van der Waals surface area contributed by atoms with E-state index in [0.717, 1.165) is 18.4 Å². The lowest BCUT2D eigenvalue weighted by Crippen LogP contribution is -2.38. The molecule has 1 saturated heterocycles. The molecule has 1 aromatic carbocycles. The van der Waals surface area contributed by atoms with E-state index in [1.165, 1.54) is 12.1 Å². The molecular formula is C17H17FN2O2. The maximum absolute atomic E-state index is 13.1. The third kappa shape index (κ3) is 3.31. The first kappa shape index (κ1) is 14.7. The Kier molecular flexibility index (Phi) is 4.44. The number of hydrogen-bond acceptors (Lipinski definition) is 3. The highest BCUT2D eigenvalue weighted by Gasteiger charge is 2.29. The van der Waals surface area contributed by atoms with Gasteiger partial charge in [0, 0.05) is 24.7 Å². The zero-order valence-corrected chi connectivity index (χ0v) is 12.1. The molecule has 0 saturated carbocycles. The smallest absolute Gasteiger partial charge is 0.256 e. The second-order valence-corrected chi connectivity index (χ2v) is 5.26. The normalized spacial score (nSPS) is 17.4. The molecule has 4 nitrogen and oxygen atoms in total. The molecule has 1 aliphatic rings. The Bertz CT molecular complexity index is 625. The lowest BCUT2D eigenvalue weighted by atomic mass is 10.1. The average Bonchev–Trinajstić information content (AvgIpc) is 3.08. The van der Waals surface area contributed by atoms with Gasteiger partial charge in [-0.3, -0.25) is 9.78 Å². The minimum Gasteiger partial charge on any atom is -0.368 e. The zero-order valence-electron chi connectivity index (χ0n) is 12.1. The Morgan fingerprint density at radius 1 is 1.32 bits per heavy atom. The van der Waals surface area contributed by atoms with Gasteiger partial charge in [0.25, 0.3) is 5.91 Å². The molecule has 0 bridgehead atoms. The molecule has 0 N–H and O–H groups in total. The summed E-state index contributed by atoms with van der Waals surface area (Å²) in [5.41, 5.74) is 1.57. The van der Waals surface area contributed by atoms with Gasteiger partial charge >= 0.3 is 0 Å². The van der Waals surface area contributed by atoms with Gasteiger partial charge in [0.2, 0.25) is 0 Å². The summed E-state index contributed by atoms with van der Waals surface area (Å²) in [6.45, 7) is 0.999. The van der Waals surface area contributed by atoms with Crippen LogP contribution in [0.1, 0.15) is 18.4 Å². The number of anilines is 1. The number of benzene rings is 1. The van der Waals surface area contributed by atoms with Crippen molar-refractivity contribution in [2.24, 2.45) is 0 Å². The fourth-order valence-electron chi connectivity index (χ4n) is 2.54. The fourth-order valence-corrected chi connectivity index (χ4v) is 2.54. The Hall–Kier alpha value is -2.27. The molecule has 0 spiro atoms. The van der Waals surface area contributed by atoms with Crippen LogP contribution in [0.2, 0.25) is 0 Å². The van der Waals surface area contributed by atoms with Crippen molar-refractivity contribution in [2.75, 3.05) is 11.5 Å². The molecule has 5 heteroatoms. The van der Waals surface area contributed by atoms with Crippen LogP contribution in [0.25, 0.3) is 0 Å². The van der Waals surface area contributed by atoms with Crippen LogP contribution in [0.15, 0.2) is 48.8 Å². The number of rotatable bonds is 4. The second-order valence-electron chi connectivity index (χ2n) is 5.26. The monoisotopic (exact) mass is 300 g/mol. The molecule has 2 aromatic rings. The van der Waals surface area contributed by atoms with Gasteiger partial charge in [-0.25, -0.2) is 4.39 Å². The van der Waals surface area contributed by atoms with E-state index in [1.54, 1.807) is 29.4 Å². The minimum atomic E-state index is -0.415. The van der Waals surface area contributed by atoms with Crippen LogP contribution in [-0.4, -0.2) is 23.6 Å². The van der Waals surface area contributed by atoms with Crippen molar-refractivity contribution in [3.05, 3.63) is 60.2 Å². The van der Waals surface area contributed by atoms with Gasteiger partial charge in [0.1, 0.15) is 11.9 Å². The van der Waals surface area contributed by atoms with E-state index in [9.17, 15) is 9.18 Å². The maximum atomic E-state index is 13.1. The summed E-state index contributed by atoms with van der Waals surface area (Å²) >= 11 is 0. The first-order valence-corrected chi connectivity index (χ1v) is 7.31. The SMILES string of the molecule is O=C(C1CCCO1)N(Cc1cccnc1)c1ccc(F)cc1. The average molecular weight is 300 g/mol. The summed E-state index contributed by atoms with van der Waals surface area (Å²) in [6, 6.07) is 9.67. The van der Waals surface area contributed by atoms with Gasteiger partial charge in [-0.15, -0.1) is 0 Å². The number of pyridine rings is 1. The van der Waals surface area contributed by atoms with Crippen molar-refractivity contribution in [1.82, 2.24) is 4.98 Å². The number of nitrogens with zero attached hydrogens (tertiary/aromatic N) is 2. The second kappa shape index (κ2) is 6.66. The number of ether oxygens (including phenoxy) is 1. The lowest BCUT2D eigenvalue weighted by Gasteiger charge is -2.25. The van der Waals surface area contributed by atoms with Crippen molar-refractivity contribution in [3.8, 4) is 0 Å². The maximum Gasteiger partial charge on any atom is 0.256 e. The fraction of sp³-hybridized carbons (Fsp3) is 0.294. The van der Waals surface area contributed by atoms with E-state index in [-0.39, 0.29) is 11.7 Å². The van der Waals surface area contributed by atoms with E-state index in [1.807, 2.05) is 12.1 Å². The van der Waals surface area contributed by atoms with Crippen LogP contribution in [0.4, 0.5) is 10.1 Å². The molecule has 1 fully saturated rings. The van der Waals surface area contributed by atoms with Crippen LogP contribution in [-0.2, 0) is 16.1 Å². The number of carbonyl (C=O) groups is 1. The molecule has 114 valence electrons. The molecule has 1 aliphatic heterocycles. The predicted molar refractivity (Wildman–Crippen MR) is 80.8 cm³/mol. The van der Waals surface area contributed by atoms with E-state index < -0.39 is 6.10 Å². The van der Waals surface area contributed by atoms with Gasteiger partial charge < -0.3 is 9.64 Å². The van der Waals surface area contributed by atoms with E-state index in [0.29, 0.717) is 18.8 Å². The number of amides is 1. The molecule has 0 aliphatic carbocycles. The van der Waals surface area contributed by atoms with Gasteiger partial charge in [-0.1, -0.05) is 6.07 Å². The van der Waals surface area contributed by atoms with E-state index >= 15 is 0 Å². The molecule has 1 aromatic heterocycles. The number of hydrogen-bond donors (Lipinski definition) is 0. The largest absolute Gasteiger partial charge is 0.368 e. The van der Waals surface area contributed by atoms with Crippen LogP contribution in [0.3, 0.4) is 0 Å². The highest BCUT2D eigenvalue weighted by Crippen LogP contribution is 2.22. The van der Waals surface area contributed by atoms with Crippen molar-refractivity contribution >= 4 is 11.6 Å². The Morgan fingerprint density at radius 3 is 2.77 bits per heavy atom. The highest BCUT2D eigenvalue weighted by molar-refractivity contribution is 5.96. The Morgan fingerprint density at radius 2 is 2.14 bits per heavy atom. The first-order chi connectivity index (χ1) is 10.7. The van der Waals surface area contributed by atoms with Gasteiger partial charge in [0.15, 0.2) is 0 Å². The molecule has 1 unspecified atom stereocenters. The number of halogens is 1. The first-order valence-electron chi connectivity index (χ1n) is 7.31. The van der Waals surface area contributed by atoms with Crippen molar-refractivity contribution in [3.63, 3.8) is 0 Å². The summed E-state index contributed by atoms with van der Waals surface area (Å²) in [6.07, 6.45) is 4.61. The summed E-state index contributed by atoms with van der Waals surface area (Å²) in [7, 11) is 0. The van der Waals surface area contributed by atoms with Crippen LogP contribution in [0.5, 0.6) is 0 Å². The quantitative estimate of drug-likeness (QED) is 0.872. The van der Waals surface area contributed by atoms with Gasteiger partial charge in [-0.05, 0) is 48.7 Å². The number of carbonyl (C=O) groups excluding carboxylic acids is 1. The minimum absolute atomic E-state index is 0.0899. The van der Waals surface area contributed by atoms with Crippen LogP contribution < -0.4 is 4.90 Å². The molecule has 1 atom stereocenters. The number of aromatic nitrogens is 1. The van der Waals surface area contributed by atoms with E-state index in [4.69, 9.17) is 4.74 Å². The Labute approximate surface area is 128 Å². The topological polar surface area (TPSA) is 42.4 Å². The van der Waals surface area contributed by atoms with Crippen LogP contribution in [0, 0.1) is 5.82 Å². The van der Waals surface area contributed by atoms with Crippen LogP contribution >= 0.6 is 0 Å². The molecule has 22 heavy (non-hydrogen) atoms. The third-order valence-corrected chi connectivity index (χ3v) is 3.67. The molecule has 1 amide bonds. The Balaban J connectivity index is 1.87. The third-order valence-electron chi connectivity index (χ3n) is 3.67. The van der Waals surface area contributed by atoms with Gasteiger partial charge in [-0.2, -0.15) is 0 Å². The molecule has 3 rings (SSSR count). The molecule has 0 radical (unpaired) electrons. The zero-order chi connectivity index (χ0) is 15.4. The molecular weight excluding hydrogens is 283 g/mol. The van der Waals surface area contributed by atoms with Crippen molar-refractivity contribution in [1.29, 1.82) is 0 Å². The molecule has 2 heterocycles.